The lowest BCUT2D eigenvalue weighted by Gasteiger charge is -2.34. The first-order valence-corrected chi connectivity index (χ1v) is 10.2. The Kier molecular flexibility index (Phi) is 7.05. The Morgan fingerprint density at radius 2 is 1.73 bits per heavy atom. The number of anilines is 1. The number of urea groups is 1. The molecule has 0 atom stereocenters. The third kappa shape index (κ3) is 5.57. The molecule has 1 aliphatic rings. The molecule has 3 amide bonds. The highest BCUT2D eigenvalue weighted by Gasteiger charge is 2.22. The zero-order valence-corrected chi connectivity index (χ0v) is 17.8. The fraction of sp³-hybridized carbons (Fsp3) is 0.391. The second kappa shape index (κ2) is 9.71. The summed E-state index contributed by atoms with van der Waals surface area (Å²) in [6, 6.07) is 10.6. The average molecular weight is 413 g/mol. The zero-order valence-electron chi connectivity index (χ0n) is 17.8. The topological polar surface area (TPSA) is 64.7 Å². The molecule has 1 saturated heterocycles. The number of hydrogen-bond donors (Lipinski definition) is 2. The van der Waals surface area contributed by atoms with Crippen molar-refractivity contribution >= 4 is 17.6 Å². The molecule has 1 fully saturated rings. The summed E-state index contributed by atoms with van der Waals surface area (Å²) < 4.78 is 13.6. The van der Waals surface area contributed by atoms with Crippen LogP contribution in [0.4, 0.5) is 14.9 Å². The lowest BCUT2D eigenvalue weighted by Crippen LogP contribution is -2.52. The number of nitrogens with one attached hydrogen (secondary N) is 2. The normalized spacial score (nSPS) is 14.5. The van der Waals surface area contributed by atoms with Gasteiger partial charge in [-0.25, -0.2) is 9.18 Å². The van der Waals surface area contributed by atoms with Crippen LogP contribution in [0.5, 0.6) is 0 Å². The van der Waals surface area contributed by atoms with Crippen molar-refractivity contribution in [1.29, 1.82) is 0 Å². The molecule has 2 aromatic rings. The molecule has 160 valence electrons. The Morgan fingerprint density at radius 1 is 1.00 bits per heavy atom. The summed E-state index contributed by atoms with van der Waals surface area (Å²) in [5.41, 5.74) is 4.36. The lowest BCUT2D eigenvalue weighted by molar-refractivity contribution is -0.117. The van der Waals surface area contributed by atoms with Gasteiger partial charge in [-0.3, -0.25) is 9.69 Å². The predicted molar refractivity (Wildman–Crippen MR) is 116 cm³/mol. The monoisotopic (exact) mass is 412 g/mol. The van der Waals surface area contributed by atoms with Gasteiger partial charge in [0.05, 0.1) is 6.54 Å². The highest BCUT2D eigenvalue weighted by atomic mass is 19.1. The van der Waals surface area contributed by atoms with Crippen molar-refractivity contribution in [3.63, 3.8) is 0 Å². The number of aryl methyl sites for hydroxylation is 2. The molecular weight excluding hydrogens is 383 g/mol. The van der Waals surface area contributed by atoms with Crippen LogP contribution in [0.3, 0.4) is 0 Å². The van der Waals surface area contributed by atoms with Crippen molar-refractivity contribution in [3.8, 4) is 0 Å². The number of carbonyl (C=O) groups excluding carboxylic acids is 2. The van der Waals surface area contributed by atoms with E-state index in [1.165, 1.54) is 6.07 Å². The molecule has 0 saturated carbocycles. The van der Waals surface area contributed by atoms with Crippen molar-refractivity contribution in [2.75, 3.05) is 38.0 Å². The molecule has 0 bridgehead atoms. The molecule has 6 nitrogen and oxygen atoms in total. The minimum Gasteiger partial charge on any atom is -0.334 e. The number of halogens is 1. The van der Waals surface area contributed by atoms with E-state index in [-0.39, 0.29) is 24.3 Å². The standard InChI is InChI=1S/C23H29FN4O2/c1-16-5-4-6-21(18(16)3)26-22(29)15-27-9-11-28(12-10-27)23(30)25-14-19-8-7-17(2)20(24)13-19/h4-8,13H,9-12,14-15H2,1-3H3,(H,25,30)(H,26,29). The minimum absolute atomic E-state index is 0.0528. The van der Waals surface area contributed by atoms with Crippen LogP contribution in [0.1, 0.15) is 22.3 Å². The fourth-order valence-corrected chi connectivity index (χ4v) is 3.42. The van der Waals surface area contributed by atoms with Crippen molar-refractivity contribution in [1.82, 2.24) is 15.1 Å². The van der Waals surface area contributed by atoms with Gasteiger partial charge in [-0.05, 0) is 55.2 Å². The maximum Gasteiger partial charge on any atom is 0.317 e. The summed E-state index contributed by atoms with van der Waals surface area (Å²) in [6.07, 6.45) is 0. The Morgan fingerprint density at radius 3 is 2.43 bits per heavy atom. The second-order valence-corrected chi connectivity index (χ2v) is 7.80. The first-order chi connectivity index (χ1) is 14.3. The molecule has 1 aliphatic heterocycles. The Labute approximate surface area is 177 Å². The van der Waals surface area contributed by atoms with Crippen LogP contribution in [0.25, 0.3) is 0 Å². The molecule has 2 N–H and O–H groups in total. The highest BCUT2D eigenvalue weighted by Crippen LogP contribution is 2.18. The molecule has 0 radical (unpaired) electrons. The van der Waals surface area contributed by atoms with Gasteiger partial charge in [0.25, 0.3) is 0 Å². The van der Waals surface area contributed by atoms with E-state index in [1.54, 1.807) is 17.9 Å². The Hall–Kier alpha value is -2.93. The van der Waals surface area contributed by atoms with E-state index in [1.807, 2.05) is 43.0 Å². The van der Waals surface area contributed by atoms with Gasteiger partial charge in [-0.2, -0.15) is 0 Å². The van der Waals surface area contributed by atoms with E-state index in [9.17, 15) is 14.0 Å². The minimum atomic E-state index is -0.269. The van der Waals surface area contributed by atoms with Gasteiger partial charge in [0.1, 0.15) is 5.82 Å². The largest absolute Gasteiger partial charge is 0.334 e. The summed E-state index contributed by atoms with van der Waals surface area (Å²) in [4.78, 5) is 28.5. The summed E-state index contributed by atoms with van der Waals surface area (Å²) in [5, 5.41) is 5.81. The third-order valence-corrected chi connectivity index (χ3v) is 5.59. The fourth-order valence-electron chi connectivity index (χ4n) is 3.42. The number of amides is 3. The van der Waals surface area contributed by atoms with Gasteiger partial charge in [-0.15, -0.1) is 0 Å². The average Bonchev–Trinajstić information content (AvgIpc) is 2.72. The molecule has 30 heavy (non-hydrogen) atoms. The van der Waals surface area contributed by atoms with E-state index in [2.05, 4.69) is 10.6 Å². The van der Waals surface area contributed by atoms with Crippen LogP contribution >= 0.6 is 0 Å². The maximum absolute atomic E-state index is 13.6. The first-order valence-electron chi connectivity index (χ1n) is 10.2. The first kappa shape index (κ1) is 21.8. The smallest absolute Gasteiger partial charge is 0.317 e. The zero-order chi connectivity index (χ0) is 21.7. The molecule has 0 spiro atoms. The number of nitrogens with zero attached hydrogens (tertiary/aromatic N) is 2. The second-order valence-electron chi connectivity index (χ2n) is 7.80. The van der Waals surface area contributed by atoms with Gasteiger partial charge >= 0.3 is 6.03 Å². The number of benzene rings is 2. The summed E-state index contributed by atoms with van der Waals surface area (Å²) in [6.45, 7) is 8.66. The Bertz CT molecular complexity index is 923. The quantitative estimate of drug-likeness (QED) is 0.793. The SMILES string of the molecule is Cc1ccc(CNC(=O)N2CCN(CC(=O)Nc3cccc(C)c3C)CC2)cc1F. The molecule has 2 aromatic carbocycles. The number of hydrogen-bond acceptors (Lipinski definition) is 3. The summed E-state index contributed by atoms with van der Waals surface area (Å²) in [7, 11) is 0. The van der Waals surface area contributed by atoms with Gasteiger partial charge in [-0.1, -0.05) is 24.3 Å². The summed E-state index contributed by atoms with van der Waals surface area (Å²) >= 11 is 0. The Balaban J connectivity index is 1.42. The third-order valence-electron chi connectivity index (χ3n) is 5.59. The van der Waals surface area contributed by atoms with Gasteiger partial charge in [0.2, 0.25) is 5.91 Å². The molecule has 0 aliphatic carbocycles. The van der Waals surface area contributed by atoms with E-state index in [4.69, 9.17) is 0 Å². The maximum atomic E-state index is 13.6. The van der Waals surface area contributed by atoms with Crippen molar-refractivity contribution in [3.05, 3.63) is 64.5 Å². The van der Waals surface area contributed by atoms with E-state index in [0.29, 0.717) is 38.3 Å². The van der Waals surface area contributed by atoms with Crippen LogP contribution in [0.2, 0.25) is 0 Å². The van der Waals surface area contributed by atoms with Crippen LogP contribution in [-0.2, 0) is 11.3 Å². The van der Waals surface area contributed by atoms with Gasteiger partial charge in [0, 0.05) is 38.4 Å². The van der Waals surface area contributed by atoms with Crippen LogP contribution < -0.4 is 10.6 Å². The van der Waals surface area contributed by atoms with Crippen LogP contribution in [0, 0.1) is 26.6 Å². The molecule has 0 aromatic heterocycles. The van der Waals surface area contributed by atoms with E-state index in [0.717, 1.165) is 22.4 Å². The predicted octanol–water partition coefficient (Wildman–Crippen LogP) is 3.22. The van der Waals surface area contributed by atoms with Crippen LogP contribution in [-0.4, -0.2) is 54.5 Å². The van der Waals surface area contributed by atoms with Crippen molar-refractivity contribution in [2.45, 2.75) is 27.3 Å². The molecule has 7 heteroatoms. The van der Waals surface area contributed by atoms with E-state index >= 15 is 0 Å². The molecule has 1 heterocycles. The number of carbonyl (C=O) groups is 2. The lowest BCUT2D eigenvalue weighted by atomic mass is 10.1. The highest BCUT2D eigenvalue weighted by molar-refractivity contribution is 5.93. The van der Waals surface area contributed by atoms with E-state index < -0.39 is 0 Å². The van der Waals surface area contributed by atoms with Crippen LogP contribution in [0.15, 0.2) is 36.4 Å². The molecular formula is C23H29FN4O2. The number of piperazine rings is 1. The van der Waals surface area contributed by atoms with Crippen molar-refractivity contribution in [2.24, 2.45) is 0 Å². The summed E-state index contributed by atoms with van der Waals surface area (Å²) in [5.74, 6) is -0.322. The number of rotatable bonds is 5. The van der Waals surface area contributed by atoms with Gasteiger partial charge < -0.3 is 15.5 Å². The van der Waals surface area contributed by atoms with Crippen molar-refractivity contribution < 1.29 is 14.0 Å². The molecule has 3 rings (SSSR count). The molecule has 0 unspecified atom stereocenters. The van der Waals surface area contributed by atoms with Gasteiger partial charge in [0.15, 0.2) is 0 Å².